The number of rotatable bonds is 2. The molecule has 0 radical (unpaired) electrons. The summed E-state index contributed by atoms with van der Waals surface area (Å²) in [5.41, 5.74) is 0.569. The van der Waals surface area contributed by atoms with Crippen molar-refractivity contribution < 1.29 is 4.74 Å². The third-order valence-corrected chi connectivity index (χ3v) is 3.83. The van der Waals surface area contributed by atoms with Crippen molar-refractivity contribution in [2.24, 2.45) is 0 Å². The van der Waals surface area contributed by atoms with Gasteiger partial charge in [0.25, 0.3) is 0 Å². The SMILES string of the molecule is Cc1c(Cl)nc(C(C)(C)C)nc1Oc1ccc(I)cc1. The third kappa shape index (κ3) is 3.61. The first-order valence-corrected chi connectivity index (χ1v) is 7.71. The molecule has 20 heavy (non-hydrogen) atoms. The van der Waals surface area contributed by atoms with Gasteiger partial charge in [-0.15, -0.1) is 0 Å². The van der Waals surface area contributed by atoms with Gasteiger partial charge in [0.15, 0.2) is 0 Å². The molecule has 2 aromatic rings. The lowest BCUT2D eigenvalue weighted by Crippen LogP contribution is -2.17. The fourth-order valence-electron chi connectivity index (χ4n) is 1.52. The van der Waals surface area contributed by atoms with Crippen LogP contribution in [0.15, 0.2) is 24.3 Å². The summed E-state index contributed by atoms with van der Waals surface area (Å²) in [6, 6.07) is 7.79. The minimum absolute atomic E-state index is 0.179. The number of nitrogens with zero attached hydrogens (tertiary/aromatic N) is 2. The summed E-state index contributed by atoms with van der Waals surface area (Å²) in [6.45, 7) is 7.99. The van der Waals surface area contributed by atoms with Crippen LogP contribution < -0.4 is 4.74 Å². The first-order chi connectivity index (χ1) is 9.27. The van der Waals surface area contributed by atoms with E-state index in [1.165, 1.54) is 0 Å². The highest BCUT2D eigenvalue weighted by atomic mass is 127. The normalized spacial score (nSPS) is 11.5. The standard InChI is InChI=1S/C15H16ClIN2O/c1-9-12(16)18-14(15(2,3)4)19-13(9)20-11-7-5-10(17)6-8-11/h5-8H,1-4H3. The highest BCUT2D eigenvalue weighted by molar-refractivity contribution is 14.1. The average molecular weight is 403 g/mol. The Balaban J connectivity index is 2.40. The van der Waals surface area contributed by atoms with Crippen LogP contribution in [0, 0.1) is 10.5 Å². The maximum absolute atomic E-state index is 6.18. The zero-order valence-corrected chi connectivity index (χ0v) is 14.8. The highest BCUT2D eigenvalue weighted by Gasteiger charge is 2.21. The van der Waals surface area contributed by atoms with Gasteiger partial charge in [-0.1, -0.05) is 32.4 Å². The van der Waals surface area contributed by atoms with Crippen molar-refractivity contribution in [1.82, 2.24) is 9.97 Å². The molecule has 3 nitrogen and oxygen atoms in total. The molecule has 1 aromatic heterocycles. The van der Waals surface area contributed by atoms with E-state index in [2.05, 4.69) is 32.6 Å². The van der Waals surface area contributed by atoms with Crippen molar-refractivity contribution in [2.45, 2.75) is 33.1 Å². The molecule has 0 amide bonds. The van der Waals surface area contributed by atoms with Gasteiger partial charge in [0.05, 0.1) is 0 Å². The molecule has 1 heterocycles. The Bertz CT molecular complexity index is 621. The van der Waals surface area contributed by atoms with E-state index in [0.29, 0.717) is 16.9 Å². The molecule has 0 fully saturated rings. The lowest BCUT2D eigenvalue weighted by atomic mass is 9.96. The summed E-state index contributed by atoms with van der Waals surface area (Å²) >= 11 is 8.44. The highest BCUT2D eigenvalue weighted by Crippen LogP contribution is 2.30. The van der Waals surface area contributed by atoms with E-state index in [4.69, 9.17) is 16.3 Å². The Hall–Kier alpha value is -0.880. The molecule has 0 bridgehead atoms. The van der Waals surface area contributed by atoms with E-state index in [-0.39, 0.29) is 5.41 Å². The Kier molecular flexibility index (Phi) is 4.54. The van der Waals surface area contributed by atoms with Gasteiger partial charge in [0.1, 0.15) is 16.7 Å². The van der Waals surface area contributed by atoms with Crippen LogP contribution in [0.4, 0.5) is 0 Å². The van der Waals surface area contributed by atoms with Crippen molar-refractivity contribution in [3.8, 4) is 11.6 Å². The van der Waals surface area contributed by atoms with Gasteiger partial charge in [0.2, 0.25) is 5.88 Å². The van der Waals surface area contributed by atoms with E-state index >= 15 is 0 Å². The number of halogens is 2. The number of hydrogen-bond donors (Lipinski definition) is 0. The first-order valence-electron chi connectivity index (χ1n) is 6.25. The fourth-order valence-corrected chi connectivity index (χ4v) is 2.04. The van der Waals surface area contributed by atoms with Crippen molar-refractivity contribution >= 4 is 34.2 Å². The van der Waals surface area contributed by atoms with Gasteiger partial charge < -0.3 is 4.74 Å². The molecular weight excluding hydrogens is 387 g/mol. The number of hydrogen-bond acceptors (Lipinski definition) is 3. The average Bonchev–Trinajstić information content (AvgIpc) is 2.36. The van der Waals surface area contributed by atoms with Crippen LogP contribution in [0.2, 0.25) is 5.15 Å². The predicted octanol–water partition coefficient (Wildman–Crippen LogP) is 5.13. The smallest absolute Gasteiger partial charge is 0.227 e. The molecule has 0 saturated carbocycles. The second-order valence-electron chi connectivity index (χ2n) is 5.57. The van der Waals surface area contributed by atoms with Crippen molar-refractivity contribution in [3.05, 3.63) is 44.4 Å². The molecule has 0 saturated heterocycles. The van der Waals surface area contributed by atoms with E-state index in [1.807, 2.05) is 52.0 Å². The summed E-state index contributed by atoms with van der Waals surface area (Å²) in [7, 11) is 0. The molecule has 0 atom stereocenters. The van der Waals surface area contributed by atoms with E-state index < -0.39 is 0 Å². The summed E-state index contributed by atoms with van der Waals surface area (Å²) in [6.07, 6.45) is 0. The first kappa shape index (κ1) is 15.5. The second-order valence-corrected chi connectivity index (χ2v) is 7.18. The van der Waals surface area contributed by atoms with Crippen molar-refractivity contribution in [2.75, 3.05) is 0 Å². The maximum Gasteiger partial charge on any atom is 0.227 e. The van der Waals surface area contributed by atoms with Crippen molar-refractivity contribution in [3.63, 3.8) is 0 Å². The predicted molar refractivity (Wildman–Crippen MR) is 89.7 cm³/mol. The van der Waals surface area contributed by atoms with Gasteiger partial charge in [-0.25, -0.2) is 4.98 Å². The van der Waals surface area contributed by atoms with E-state index in [1.54, 1.807) is 0 Å². The zero-order valence-electron chi connectivity index (χ0n) is 11.9. The van der Waals surface area contributed by atoms with Crippen molar-refractivity contribution in [1.29, 1.82) is 0 Å². The molecule has 1 aromatic carbocycles. The largest absolute Gasteiger partial charge is 0.439 e. The van der Waals surface area contributed by atoms with Gasteiger partial charge >= 0.3 is 0 Å². The molecule has 0 aliphatic carbocycles. The van der Waals surface area contributed by atoms with Gasteiger partial charge in [-0.2, -0.15) is 4.98 Å². The topological polar surface area (TPSA) is 35.0 Å². The van der Waals surface area contributed by atoms with Crippen LogP contribution in [0.25, 0.3) is 0 Å². The zero-order chi connectivity index (χ0) is 14.9. The summed E-state index contributed by atoms with van der Waals surface area (Å²) in [5, 5.41) is 0.436. The van der Waals surface area contributed by atoms with Gasteiger partial charge in [-0.05, 0) is 53.8 Å². The molecule has 0 N–H and O–H groups in total. The molecule has 0 spiro atoms. The Labute approximate surface area is 137 Å². The minimum atomic E-state index is -0.179. The third-order valence-electron chi connectivity index (χ3n) is 2.74. The molecular formula is C15H16ClIN2O. The fraction of sp³-hybridized carbons (Fsp3) is 0.333. The van der Waals surface area contributed by atoms with Crippen LogP contribution >= 0.6 is 34.2 Å². The summed E-state index contributed by atoms with van der Waals surface area (Å²) in [5.74, 6) is 1.92. The monoisotopic (exact) mass is 402 g/mol. The molecule has 106 valence electrons. The van der Waals surface area contributed by atoms with Crippen LogP contribution in [-0.2, 0) is 5.41 Å². The molecule has 0 unspecified atom stereocenters. The minimum Gasteiger partial charge on any atom is -0.439 e. The van der Waals surface area contributed by atoms with Gasteiger partial charge in [0, 0.05) is 14.5 Å². The van der Waals surface area contributed by atoms with Crippen LogP contribution in [0.5, 0.6) is 11.6 Å². The number of ether oxygens (including phenoxy) is 1. The molecule has 0 aliphatic rings. The maximum atomic E-state index is 6.18. The second kappa shape index (κ2) is 5.85. The summed E-state index contributed by atoms with van der Waals surface area (Å²) in [4.78, 5) is 8.84. The Morgan fingerprint density at radius 3 is 2.25 bits per heavy atom. The molecule has 2 rings (SSSR count). The van der Waals surface area contributed by atoms with E-state index in [0.717, 1.165) is 14.9 Å². The van der Waals surface area contributed by atoms with Crippen LogP contribution in [0.1, 0.15) is 32.2 Å². The van der Waals surface area contributed by atoms with Gasteiger partial charge in [-0.3, -0.25) is 0 Å². The van der Waals surface area contributed by atoms with E-state index in [9.17, 15) is 0 Å². The Morgan fingerprint density at radius 1 is 1.10 bits per heavy atom. The summed E-state index contributed by atoms with van der Waals surface area (Å²) < 4.78 is 7.00. The quantitative estimate of drug-likeness (QED) is 0.516. The number of benzene rings is 1. The lowest BCUT2D eigenvalue weighted by Gasteiger charge is -2.18. The Morgan fingerprint density at radius 2 is 1.70 bits per heavy atom. The molecule has 5 heteroatoms. The van der Waals surface area contributed by atoms with Crippen LogP contribution in [0.3, 0.4) is 0 Å². The number of aromatic nitrogens is 2. The molecule has 0 aliphatic heterocycles. The van der Waals surface area contributed by atoms with Crippen LogP contribution in [-0.4, -0.2) is 9.97 Å². The lowest BCUT2D eigenvalue weighted by molar-refractivity contribution is 0.441.